The Morgan fingerprint density at radius 2 is 1.55 bits per heavy atom. The topological polar surface area (TPSA) is 65.1 Å². The van der Waals surface area contributed by atoms with E-state index < -0.39 is 0 Å². The molecule has 6 nitrogen and oxygen atoms in total. The molecule has 0 aliphatic heterocycles. The Kier molecular flexibility index (Phi) is 7.22. The van der Waals surface area contributed by atoms with Crippen LogP contribution in [0, 0.1) is 6.92 Å². The Labute approximate surface area is 131 Å². The number of nitrogens with zero attached hydrogens (tertiary/aromatic N) is 1. The lowest BCUT2D eigenvalue weighted by Gasteiger charge is -2.26. The molecule has 1 aromatic rings. The molecular weight excluding hydrogens is 286 g/mol. The Hall–Kier alpha value is -2.24. The third-order valence-electron chi connectivity index (χ3n) is 3.38. The molecule has 0 spiro atoms. The first-order chi connectivity index (χ1) is 10.5. The molecular formula is C16H23NO5. The summed E-state index contributed by atoms with van der Waals surface area (Å²) < 4.78 is 14.6. The quantitative estimate of drug-likeness (QED) is 0.684. The van der Waals surface area contributed by atoms with Crippen LogP contribution in [0.2, 0.25) is 0 Å². The van der Waals surface area contributed by atoms with E-state index in [0.29, 0.717) is 13.1 Å². The van der Waals surface area contributed by atoms with Crippen LogP contribution in [0.1, 0.15) is 18.4 Å². The van der Waals surface area contributed by atoms with Crippen molar-refractivity contribution in [3.8, 4) is 5.75 Å². The maximum Gasteiger partial charge on any atom is 0.307 e. The number of hydrogen-bond acceptors (Lipinski definition) is 6. The summed E-state index contributed by atoms with van der Waals surface area (Å²) in [7, 11) is 4.32. The second kappa shape index (κ2) is 8.92. The van der Waals surface area contributed by atoms with E-state index >= 15 is 0 Å². The van der Waals surface area contributed by atoms with Crippen LogP contribution >= 0.6 is 0 Å². The van der Waals surface area contributed by atoms with Crippen molar-refractivity contribution in [3.63, 3.8) is 0 Å². The average Bonchev–Trinajstić information content (AvgIpc) is 2.55. The molecule has 0 amide bonds. The van der Waals surface area contributed by atoms with Crippen molar-refractivity contribution in [2.45, 2.75) is 19.8 Å². The summed E-state index contributed by atoms with van der Waals surface area (Å²) in [4.78, 5) is 24.7. The number of carbonyl (C=O) groups is 2. The zero-order valence-corrected chi connectivity index (χ0v) is 13.5. The molecule has 6 heteroatoms. The van der Waals surface area contributed by atoms with Gasteiger partial charge in [-0.3, -0.25) is 9.59 Å². The highest BCUT2D eigenvalue weighted by molar-refractivity contribution is 5.72. The summed E-state index contributed by atoms with van der Waals surface area (Å²) in [6, 6.07) is 5.71. The van der Waals surface area contributed by atoms with Gasteiger partial charge < -0.3 is 19.1 Å². The minimum absolute atomic E-state index is 0.244. The molecule has 0 atom stereocenters. The lowest BCUT2D eigenvalue weighted by molar-refractivity contribution is -0.140. The summed E-state index contributed by atoms with van der Waals surface area (Å²) in [5.74, 6) is 0.147. The molecule has 0 bridgehead atoms. The molecule has 0 saturated heterocycles. The molecule has 0 N–H and O–H groups in total. The number of aryl methyl sites for hydroxylation is 1. The number of esters is 2. The molecule has 1 aromatic carbocycles. The van der Waals surface area contributed by atoms with Crippen LogP contribution < -0.4 is 9.64 Å². The van der Waals surface area contributed by atoms with E-state index in [4.69, 9.17) is 4.74 Å². The van der Waals surface area contributed by atoms with Gasteiger partial charge in [-0.05, 0) is 18.6 Å². The van der Waals surface area contributed by atoms with Gasteiger partial charge in [0, 0.05) is 24.8 Å². The van der Waals surface area contributed by atoms with Crippen LogP contribution in [0.5, 0.6) is 5.75 Å². The van der Waals surface area contributed by atoms with Gasteiger partial charge in [0.25, 0.3) is 0 Å². The van der Waals surface area contributed by atoms with Gasteiger partial charge >= 0.3 is 11.9 Å². The molecule has 0 aromatic heterocycles. The standard InChI is InChI=1S/C16H23NO5/c1-12-5-6-13(20-2)11-14(12)17(9-7-15(18)21-3)10-8-16(19)22-4/h5-6,11H,7-10H2,1-4H3. The van der Waals surface area contributed by atoms with Gasteiger partial charge in [-0.15, -0.1) is 0 Å². The summed E-state index contributed by atoms with van der Waals surface area (Å²) in [5.41, 5.74) is 1.96. The molecule has 0 aliphatic carbocycles. The van der Waals surface area contributed by atoms with Crippen molar-refractivity contribution < 1.29 is 23.8 Å². The van der Waals surface area contributed by atoms with Crippen LogP contribution in [-0.2, 0) is 19.1 Å². The van der Waals surface area contributed by atoms with Crippen molar-refractivity contribution in [1.29, 1.82) is 0 Å². The molecule has 0 radical (unpaired) electrons. The van der Waals surface area contributed by atoms with E-state index in [1.807, 2.05) is 30.0 Å². The lowest BCUT2D eigenvalue weighted by Crippen LogP contribution is -2.29. The van der Waals surface area contributed by atoms with Gasteiger partial charge in [0.1, 0.15) is 5.75 Å². The molecule has 0 saturated carbocycles. The maximum atomic E-state index is 11.4. The third-order valence-corrected chi connectivity index (χ3v) is 3.38. The highest BCUT2D eigenvalue weighted by Crippen LogP contribution is 2.26. The smallest absolute Gasteiger partial charge is 0.307 e. The van der Waals surface area contributed by atoms with Crippen molar-refractivity contribution >= 4 is 17.6 Å². The first-order valence-corrected chi connectivity index (χ1v) is 7.05. The number of carbonyl (C=O) groups excluding carboxylic acids is 2. The first-order valence-electron chi connectivity index (χ1n) is 7.05. The van der Waals surface area contributed by atoms with Crippen molar-refractivity contribution in [3.05, 3.63) is 23.8 Å². The van der Waals surface area contributed by atoms with Crippen LogP contribution in [0.3, 0.4) is 0 Å². The van der Waals surface area contributed by atoms with Crippen molar-refractivity contribution in [2.75, 3.05) is 39.3 Å². The highest BCUT2D eigenvalue weighted by atomic mass is 16.5. The van der Waals surface area contributed by atoms with Crippen LogP contribution in [0.15, 0.2) is 18.2 Å². The SMILES string of the molecule is COC(=O)CCN(CCC(=O)OC)c1cc(OC)ccc1C. The molecule has 0 unspecified atom stereocenters. The fraction of sp³-hybridized carbons (Fsp3) is 0.500. The summed E-state index contributed by atoms with van der Waals surface area (Å²) in [5, 5.41) is 0. The summed E-state index contributed by atoms with van der Waals surface area (Å²) in [6.45, 7) is 2.88. The second-order valence-corrected chi connectivity index (χ2v) is 4.79. The van der Waals surface area contributed by atoms with Gasteiger partial charge in [0.15, 0.2) is 0 Å². The average molecular weight is 309 g/mol. The minimum atomic E-state index is -0.288. The van der Waals surface area contributed by atoms with E-state index in [1.54, 1.807) is 7.11 Å². The highest BCUT2D eigenvalue weighted by Gasteiger charge is 2.14. The molecule has 122 valence electrons. The molecule has 0 heterocycles. The van der Waals surface area contributed by atoms with E-state index in [0.717, 1.165) is 17.0 Å². The number of rotatable bonds is 8. The van der Waals surface area contributed by atoms with Crippen LogP contribution in [0.4, 0.5) is 5.69 Å². The number of anilines is 1. The predicted octanol–water partition coefficient (Wildman–Crippen LogP) is 1.94. The fourth-order valence-electron chi connectivity index (χ4n) is 2.07. The minimum Gasteiger partial charge on any atom is -0.497 e. The number of benzene rings is 1. The normalized spacial score (nSPS) is 10.0. The van der Waals surface area contributed by atoms with Gasteiger partial charge in [0.05, 0.1) is 34.2 Å². The lowest BCUT2D eigenvalue weighted by atomic mass is 10.1. The summed E-state index contributed by atoms with van der Waals surface area (Å²) >= 11 is 0. The molecule has 0 fully saturated rings. The number of hydrogen-bond donors (Lipinski definition) is 0. The van der Waals surface area contributed by atoms with Gasteiger partial charge in [-0.2, -0.15) is 0 Å². The molecule has 22 heavy (non-hydrogen) atoms. The Morgan fingerprint density at radius 1 is 1.00 bits per heavy atom. The first kappa shape index (κ1) is 17.8. The molecule has 0 aliphatic rings. The monoisotopic (exact) mass is 309 g/mol. The van der Waals surface area contributed by atoms with Gasteiger partial charge in [0.2, 0.25) is 0 Å². The number of ether oxygens (including phenoxy) is 3. The van der Waals surface area contributed by atoms with Crippen molar-refractivity contribution in [1.82, 2.24) is 0 Å². The maximum absolute atomic E-state index is 11.4. The second-order valence-electron chi connectivity index (χ2n) is 4.79. The van der Waals surface area contributed by atoms with Gasteiger partial charge in [-0.25, -0.2) is 0 Å². The van der Waals surface area contributed by atoms with E-state index in [1.165, 1.54) is 14.2 Å². The van der Waals surface area contributed by atoms with Crippen LogP contribution in [0.25, 0.3) is 0 Å². The van der Waals surface area contributed by atoms with Crippen LogP contribution in [-0.4, -0.2) is 46.4 Å². The zero-order valence-electron chi connectivity index (χ0n) is 13.5. The Morgan fingerprint density at radius 3 is 2.00 bits per heavy atom. The van der Waals surface area contributed by atoms with E-state index in [2.05, 4.69) is 9.47 Å². The summed E-state index contributed by atoms with van der Waals surface area (Å²) in [6.07, 6.45) is 0.489. The Bertz CT molecular complexity index is 495. The predicted molar refractivity (Wildman–Crippen MR) is 83.2 cm³/mol. The molecule has 1 rings (SSSR count). The van der Waals surface area contributed by atoms with E-state index in [-0.39, 0.29) is 24.8 Å². The third kappa shape index (κ3) is 5.27. The fourth-order valence-corrected chi connectivity index (χ4v) is 2.07. The largest absolute Gasteiger partial charge is 0.497 e. The zero-order chi connectivity index (χ0) is 16.5. The van der Waals surface area contributed by atoms with Gasteiger partial charge in [-0.1, -0.05) is 6.07 Å². The van der Waals surface area contributed by atoms with Crippen molar-refractivity contribution in [2.24, 2.45) is 0 Å². The Balaban J connectivity index is 2.91. The number of methoxy groups -OCH3 is 3. The van der Waals surface area contributed by atoms with E-state index in [9.17, 15) is 9.59 Å².